The van der Waals surface area contributed by atoms with Crippen LogP contribution in [0.5, 0.6) is 0 Å². The van der Waals surface area contributed by atoms with Crippen LogP contribution in [0.2, 0.25) is 0 Å². The van der Waals surface area contributed by atoms with Crippen molar-refractivity contribution in [3.8, 4) is 0 Å². The van der Waals surface area contributed by atoms with Crippen LogP contribution in [0.15, 0.2) is 0 Å². The van der Waals surface area contributed by atoms with Gasteiger partial charge in [0.2, 0.25) is 0 Å². The first-order valence-corrected chi connectivity index (χ1v) is 1.51. The lowest BCUT2D eigenvalue weighted by Gasteiger charge is -1.47. The van der Waals surface area contributed by atoms with Gasteiger partial charge in [0.25, 0.3) is 0 Å². The molecule has 0 amide bonds. The molecule has 28 valence electrons. The Morgan fingerprint density at radius 3 is 2.20 bits per heavy atom. The van der Waals surface area contributed by atoms with Crippen molar-refractivity contribution in [2.45, 2.75) is 13.0 Å². The number of cyclic esters (lactones) is 1. The quantitative estimate of drug-likeness (QED) is 0.375. The zero-order valence-electron chi connectivity index (χ0n) is 2.89. The number of ether oxygens (including phenoxy) is 1. The van der Waals surface area contributed by atoms with Gasteiger partial charge in [0, 0.05) is 0 Å². The lowest BCUT2D eigenvalue weighted by Crippen LogP contribution is -1.68. The molecule has 1 rings (SSSR count). The van der Waals surface area contributed by atoms with E-state index in [4.69, 9.17) is 0 Å². The average molecular weight is 72.1 g/mol. The second-order valence-corrected chi connectivity index (χ2v) is 1.08. The Morgan fingerprint density at radius 1 is 2.00 bits per heavy atom. The highest BCUT2D eigenvalue weighted by Crippen LogP contribution is 2.08. The summed E-state index contributed by atoms with van der Waals surface area (Å²) >= 11 is 0. The Hall–Kier alpha value is -0.530. The molecule has 0 aromatic carbocycles. The molecule has 0 N–H and O–H groups in total. The van der Waals surface area contributed by atoms with Gasteiger partial charge in [-0.05, 0) is 6.92 Å². The van der Waals surface area contributed by atoms with E-state index in [-0.39, 0.29) is 12.1 Å². The van der Waals surface area contributed by atoms with Crippen molar-refractivity contribution in [2.24, 2.45) is 0 Å². The fourth-order valence-electron chi connectivity index (χ4n) is 0.140. The number of rotatable bonds is 0. The number of carbonyl (C=O) groups is 1. The fourth-order valence-corrected chi connectivity index (χ4v) is 0.140. The van der Waals surface area contributed by atoms with Crippen molar-refractivity contribution in [3.05, 3.63) is 0 Å². The molecule has 2 heteroatoms. The number of epoxide rings is 1. The van der Waals surface area contributed by atoms with Crippen molar-refractivity contribution in [1.82, 2.24) is 0 Å². The average Bonchev–Trinajstić information content (AvgIpc) is 1.79. The molecule has 0 aromatic rings. The molecule has 2 nitrogen and oxygen atoms in total. The van der Waals surface area contributed by atoms with Crippen LogP contribution in [0, 0.1) is 0 Å². The Kier molecular flexibility index (Phi) is 0.272. The number of hydrogen-bond donors (Lipinski definition) is 0. The van der Waals surface area contributed by atoms with Gasteiger partial charge in [0.15, 0.2) is 6.10 Å². The standard InChI is InChI=1S/C3H4O2/c1-2-3(4)5-2/h2H,1H3/t2-/m1/s1. The summed E-state index contributed by atoms with van der Waals surface area (Å²) in [5.74, 6) is -0.0787. The third kappa shape index (κ3) is 0.251. The van der Waals surface area contributed by atoms with Gasteiger partial charge in [-0.1, -0.05) is 0 Å². The van der Waals surface area contributed by atoms with Crippen LogP contribution in [0.1, 0.15) is 6.92 Å². The molecule has 0 unspecified atom stereocenters. The molecule has 5 heavy (non-hydrogen) atoms. The third-order valence-electron chi connectivity index (χ3n) is 0.568. The Morgan fingerprint density at radius 2 is 2.20 bits per heavy atom. The van der Waals surface area contributed by atoms with E-state index in [1.807, 2.05) is 0 Å². The van der Waals surface area contributed by atoms with Crippen LogP contribution in [-0.2, 0) is 9.53 Å². The van der Waals surface area contributed by atoms with Crippen LogP contribution in [-0.4, -0.2) is 12.1 Å². The number of carbonyl (C=O) groups excluding carboxylic acids is 1. The summed E-state index contributed by atoms with van der Waals surface area (Å²) in [4.78, 5) is 9.66. The van der Waals surface area contributed by atoms with Crippen molar-refractivity contribution >= 4 is 5.97 Å². The highest BCUT2D eigenvalue weighted by Gasteiger charge is 2.31. The maximum atomic E-state index is 9.66. The zero-order valence-corrected chi connectivity index (χ0v) is 2.89. The van der Waals surface area contributed by atoms with Gasteiger partial charge in [-0.3, -0.25) is 0 Å². The predicted molar refractivity (Wildman–Crippen MR) is 15.6 cm³/mol. The summed E-state index contributed by atoms with van der Waals surface area (Å²) in [7, 11) is 0. The lowest BCUT2D eigenvalue weighted by molar-refractivity contribution is -0.117. The van der Waals surface area contributed by atoms with Gasteiger partial charge in [-0.15, -0.1) is 0 Å². The molecule has 0 saturated carbocycles. The molecule has 1 fully saturated rings. The van der Waals surface area contributed by atoms with Crippen LogP contribution in [0.4, 0.5) is 0 Å². The first-order chi connectivity index (χ1) is 2.30. The molecule has 1 atom stereocenters. The summed E-state index contributed by atoms with van der Waals surface area (Å²) in [5, 5.41) is 0. The van der Waals surface area contributed by atoms with Gasteiger partial charge in [-0.25, -0.2) is 4.79 Å². The van der Waals surface area contributed by atoms with Crippen LogP contribution >= 0.6 is 0 Å². The minimum absolute atomic E-state index is 0.0787. The summed E-state index contributed by atoms with van der Waals surface area (Å²) in [6.45, 7) is 1.72. The van der Waals surface area contributed by atoms with Gasteiger partial charge >= 0.3 is 5.97 Å². The summed E-state index contributed by atoms with van der Waals surface area (Å²) < 4.78 is 4.28. The minimum atomic E-state index is -0.0880. The monoisotopic (exact) mass is 72.0 g/mol. The van der Waals surface area contributed by atoms with Crippen molar-refractivity contribution in [1.29, 1.82) is 0 Å². The lowest BCUT2D eigenvalue weighted by atomic mass is 10.6. The Labute approximate surface area is 29.7 Å². The molecule has 0 aromatic heterocycles. The topological polar surface area (TPSA) is 29.6 Å². The molecule has 1 heterocycles. The molecular weight excluding hydrogens is 68.0 g/mol. The maximum absolute atomic E-state index is 9.66. The molecule has 0 radical (unpaired) electrons. The molecule has 1 aliphatic rings. The van der Waals surface area contributed by atoms with Gasteiger partial charge in [0.05, 0.1) is 0 Å². The van der Waals surface area contributed by atoms with Crippen molar-refractivity contribution in [3.63, 3.8) is 0 Å². The summed E-state index contributed by atoms with van der Waals surface area (Å²) in [5.41, 5.74) is 0. The van der Waals surface area contributed by atoms with E-state index in [0.29, 0.717) is 0 Å². The van der Waals surface area contributed by atoms with Crippen molar-refractivity contribution in [2.75, 3.05) is 0 Å². The molecule has 0 aliphatic carbocycles. The second kappa shape index (κ2) is 0.506. The Bertz CT molecular complexity index is 67.3. The van der Waals surface area contributed by atoms with Crippen LogP contribution in [0.3, 0.4) is 0 Å². The van der Waals surface area contributed by atoms with E-state index in [9.17, 15) is 4.79 Å². The SMILES string of the molecule is C[C@H]1OC1=O. The van der Waals surface area contributed by atoms with E-state index < -0.39 is 0 Å². The Balaban J connectivity index is 2.47. The molecule has 0 spiro atoms. The summed E-state index contributed by atoms with van der Waals surface area (Å²) in [6.07, 6.45) is -0.0880. The highest BCUT2D eigenvalue weighted by atomic mass is 16.6. The number of hydrogen-bond acceptors (Lipinski definition) is 2. The molecule has 1 saturated heterocycles. The normalized spacial score (nSPS) is 33.0. The van der Waals surface area contributed by atoms with Crippen molar-refractivity contribution < 1.29 is 9.53 Å². The third-order valence-corrected chi connectivity index (χ3v) is 0.568. The maximum Gasteiger partial charge on any atom is 0.347 e. The van der Waals surface area contributed by atoms with E-state index >= 15 is 0 Å². The van der Waals surface area contributed by atoms with E-state index in [1.54, 1.807) is 6.92 Å². The first kappa shape index (κ1) is 2.69. The largest absolute Gasteiger partial charge is 0.448 e. The van der Waals surface area contributed by atoms with E-state index in [2.05, 4.69) is 4.74 Å². The van der Waals surface area contributed by atoms with Gasteiger partial charge in [0.1, 0.15) is 0 Å². The van der Waals surface area contributed by atoms with Gasteiger partial charge < -0.3 is 4.74 Å². The predicted octanol–water partition coefficient (Wildman–Crippen LogP) is -0.0683. The van der Waals surface area contributed by atoms with Crippen LogP contribution < -0.4 is 0 Å². The fraction of sp³-hybridized carbons (Fsp3) is 0.667. The summed E-state index contributed by atoms with van der Waals surface area (Å²) in [6, 6.07) is 0. The smallest absolute Gasteiger partial charge is 0.347 e. The van der Waals surface area contributed by atoms with Crippen LogP contribution in [0.25, 0.3) is 0 Å². The van der Waals surface area contributed by atoms with E-state index in [0.717, 1.165) is 0 Å². The molecule has 0 bridgehead atoms. The second-order valence-electron chi connectivity index (χ2n) is 1.08. The van der Waals surface area contributed by atoms with E-state index in [1.165, 1.54) is 0 Å². The minimum Gasteiger partial charge on any atom is -0.448 e. The first-order valence-electron chi connectivity index (χ1n) is 1.51. The molecule has 1 aliphatic heterocycles. The molecular formula is C3H4O2. The highest BCUT2D eigenvalue weighted by molar-refractivity contribution is 5.86. The van der Waals surface area contributed by atoms with Gasteiger partial charge in [-0.2, -0.15) is 0 Å². The zero-order chi connectivity index (χ0) is 3.86.